The van der Waals surface area contributed by atoms with Crippen LogP contribution < -0.4 is 5.32 Å². The van der Waals surface area contributed by atoms with Gasteiger partial charge in [0.2, 0.25) is 0 Å². The largest absolute Gasteiger partial charge is 0.382 e. The van der Waals surface area contributed by atoms with E-state index in [1.54, 1.807) is 7.11 Å². The summed E-state index contributed by atoms with van der Waals surface area (Å²) < 4.78 is 10.3. The molecule has 1 saturated carbocycles. The molecule has 0 aliphatic heterocycles. The molecule has 0 amide bonds. The molecule has 19 heavy (non-hydrogen) atoms. The molecule has 1 rings (SSSR count). The molecule has 1 fully saturated rings. The van der Waals surface area contributed by atoms with Crippen LogP contribution in [0.25, 0.3) is 0 Å². The Morgan fingerprint density at radius 3 is 2.74 bits per heavy atom. The van der Waals surface area contributed by atoms with Gasteiger partial charge in [-0.05, 0) is 32.2 Å². The van der Waals surface area contributed by atoms with Crippen LogP contribution in [-0.4, -0.2) is 39.5 Å². The van der Waals surface area contributed by atoms with E-state index < -0.39 is 0 Å². The zero-order valence-electron chi connectivity index (χ0n) is 12.2. The molecule has 1 aliphatic rings. The molecule has 0 heterocycles. The summed E-state index contributed by atoms with van der Waals surface area (Å²) in [5.41, 5.74) is 0. The number of rotatable bonds is 9. The fourth-order valence-electron chi connectivity index (χ4n) is 2.57. The van der Waals surface area contributed by atoms with Crippen molar-refractivity contribution < 1.29 is 9.47 Å². The molecule has 0 spiro atoms. The van der Waals surface area contributed by atoms with E-state index in [-0.39, 0.29) is 5.92 Å². The number of unbranched alkanes of at least 4 members (excludes halogenated alkanes) is 1. The first-order chi connectivity index (χ1) is 9.38. The van der Waals surface area contributed by atoms with E-state index in [1.807, 2.05) is 0 Å². The summed E-state index contributed by atoms with van der Waals surface area (Å²) >= 11 is 0. The number of ether oxygens (including phenoxy) is 2. The number of methoxy groups -OCH3 is 1. The van der Waals surface area contributed by atoms with Crippen molar-refractivity contribution in [3.63, 3.8) is 0 Å². The van der Waals surface area contributed by atoms with Gasteiger partial charge in [0.1, 0.15) is 0 Å². The lowest BCUT2D eigenvalue weighted by atomic mass is 9.96. The van der Waals surface area contributed by atoms with E-state index in [4.69, 9.17) is 9.47 Å². The first-order valence-electron chi connectivity index (χ1n) is 7.58. The van der Waals surface area contributed by atoms with Crippen molar-refractivity contribution in [3.05, 3.63) is 0 Å². The van der Waals surface area contributed by atoms with Crippen molar-refractivity contribution in [2.75, 3.05) is 33.5 Å². The highest BCUT2D eigenvalue weighted by Crippen LogP contribution is 2.22. The third kappa shape index (κ3) is 7.51. The molecule has 110 valence electrons. The lowest BCUT2D eigenvalue weighted by Gasteiger charge is -2.20. The number of nitriles is 1. The van der Waals surface area contributed by atoms with E-state index in [1.165, 1.54) is 19.3 Å². The predicted molar refractivity (Wildman–Crippen MR) is 75.9 cm³/mol. The maximum absolute atomic E-state index is 9.19. The Labute approximate surface area is 117 Å². The van der Waals surface area contributed by atoms with Crippen LogP contribution in [0.1, 0.15) is 44.9 Å². The molecule has 2 unspecified atom stereocenters. The van der Waals surface area contributed by atoms with E-state index in [2.05, 4.69) is 11.4 Å². The minimum Gasteiger partial charge on any atom is -0.382 e. The minimum atomic E-state index is 0.209. The molecule has 4 heteroatoms. The molecule has 1 aliphatic carbocycles. The summed E-state index contributed by atoms with van der Waals surface area (Å²) in [4.78, 5) is 0. The van der Waals surface area contributed by atoms with Crippen LogP contribution in [-0.2, 0) is 9.47 Å². The van der Waals surface area contributed by atoms with Crippen LogP contribution in [0.3, 0.4) is 0 Å². The monoisotopic (exact) mass is 268 g/mol. The van der Waals surface area contributed by atoms with Crippen LogP contribution in [0, 0.1) is 17.2 Å². The zero-order chi connectivity index (χ0) is 13.8. The first-order valence-corrected chi connectivity index (χ1v) is 7.58. The summed E-state index contributed by atoms with van der Waals surface area (Å²) in [5.74, 6) is 0.209. The molecule has 0 aromatic rings. The predicted octanol–water partition coefficient (Wildman–Crippen LogP) is 2.49. The van der Waals surface area contributed by atoms with Crippen LogP contribution in [0.5, 0.6) is 0 Å². The Hall–Kier alpha value is -0.630. The highest BCUT2D eigenvalue weighted by molar-refractivity contribution is 4.93. The Morgan fingerprint density at radius 1 is 1.11 bits per heavy atom. The molecule has 0 aromatic heterocycles. The molecule has 4 nitrogen and oxygen atoms in total. The van der Waals surface area contributed by atoms with Gasteiger partial charge in [0, 0.05) is 19.8 Å². The van der Waals surface area contributed by atoms with Crippen LogP contribution in [0.4, 0.5) is 0 Å². The zero-order valence-corrected chi connectivity index (χ0v) is 12.2. The Bertz CT molecular complexity index is 253. The van der Waals surface area contributed by atoms with Crippen molar-refractivity contribution in [2.24, 2.45) is 5.92 Å². The second-order valence-corrected chi connectivity index (χ2v) is 5.25. The van der Waals surface area contributed by atoms with Gasteiger partial charge in [0.15, 0.2) is 0 Å². The van der Waals surface area contributed by atoms with Crippen LogP contribution in [0.2, 0.25) is 0 Å². The number of nitrogens with zero attached hydrogens (tertiary/aromatic N) is 1. The van der Waals surface area contributed by atoms with Gasteiger partial charge in [-0.1, -0.05) is 19.3 Å². The molecular formula is C15H28N2O2. The van der Waals surface area contributed by atoms with Crippen LogP contribution in [0.15, 0.2) is 0 Å². The van der Waals surface area contributed by atoms with Crippen molar-refractivity contribution in [1.29, 1.82) is 5.26 Å². The van der Waals surface area contributed by atoms with Crippen molar-refractivity contribution in [1.82, 2.24) is 5.32 Å². The third-order valence-electron chi connectivity index (χ3n) is 3.74. The average Bonchev–Trinajstić information content (AvgIpc) is 2.66. The lowest BCUT2D eigenvalue weighted by Crippen LogP contribution is -2.35. The SMILES string of the molecule is COCCOCCCCNC1CCCCCC1C#N. The maximum atomic E-state index is 9.19. The molecule has 2 atom stereocenters. The Kier molecular flexibility index (Phi) is 9.70. The van der Waals surface area contributed by atoms with E-state index in [0.717, 1.165) is 38.8 Å². The highest BCUT2D eigenvalue weighted by atomic mass is 16.5. The highest BCUT2D eigenvalue weighted by Gasteiger charge is 2.22. The smallest absolute Gasteiger partial charge is 0.0700 e. The first kappa shape index (κ1) is 16.4. The van der Waals surface area contributed by atoms with Crippen LogP contribution >= 0.6 is 0 Å². The fraction of sp³-hybridized carbons (Fsp3) is 0.933. The quantitative estimate of drug-likeness (QED) is 0.515. The van der Waals surface area contributed by atoms with Gasteiger partial charge in [-0.3, -0.25) is 0 Å². The topological polar surface area (TPSA) is 54.3 Å². The van der Waals surface area contributed by atoms with E-state index >= 15 is 0 Å². The lowest BCUT2D eigenvalue weighted by molar-refractivity contribution is 0.0687. The van der Waals surface area contributed by atoms with Gasteiger partial charge >= 0.3 is 0 Å². The summed E-state index contributed by atoms with van der Waals surface area (Å²) in [6, 6.07) is 2.87. The van der Waals surface area contributed by atoms with Crippen molar-refractivity contribution >= 4 is 0 Å². The summed E-state index contributed by atoms with van der Waals surface area (Å²) in [7, 11) is 1.69. The molecule has 0 bridgehead atoms. The molecular weight excluding hydrogens is 240 g/mol. The molecule has 1 N–H and O–H groups in total. The van der Waals surface area contributed by atoms with Crippen molar-refractivity contribution in [3.8, 4) is 6.07 Å². The van der Waals surface area contributed by atoms with E-state index in [0.29, 0.717) is 19.3 Å². The third-order valence-corrected chi connectivity index (χ3v) is 3.74. The van der Waals surface area contributed by atoms with Gasteiger partial charge in [-0.15, -0.1) is 0 Å². The summed E-state index contributed by atoms with van der Waals surface area (Å²) in [5, 5.41) is 12.7. The average molecular weight is 268 g/mol. The molecule has 0 saturated heterocycles. The van der Waals surface area contributed by atoms with Gasteiger partial charge in [-0.2, -0.15) is 5.26 Å². The van der Waals surface area contributed by atoms with Gasteiger partial charge in [0.05, 0.1) is 25.2 Å². The fourth-order valence-corrected chi connectivity index (χ4v) is 2.57. The minimum absolute atomic E-state index is 0.209. The number of hydrogen-bond donors (Lipinski definition) is 1. The maximum Gasteiger partial charge on any atom is 0.0700 e. The van der Waals surface area contributed by atoms with Gasteiger partial charge < -0.3 is 14.8 Å². The Balaban J connectivity index is 2.02. The summed E-state index contributed by atoms with van der Waals surface area (Å²) in [6.07, 6.45) is 8.16. The molecule has 0 radical (unpaired) electrons. The van der Waals surface area contributed by atoms with Gasteiger partial charge in [0.25, 0.3) is 0 Å². The van der Waals surface area contributed by atoms with Gasteiger partial charge in [-0.25, -0.2) is 0 Å². The summed E-state index contributed by atoms with van der Waals surface area (Å²) in [6.45, 7) is 3.15. The normalized spacial score (nSPS) is 23.8. The van der Waals surface area contributed by atoms with Crippen molar-refractivity contribution in [2.45, 2.75) is 51.0 Å². The number of nitrogens with one attached hydrogen (secondary N) is 1. The second kappa shape index (κ2) is 11.2. The van der Waals surface area contributed by atoms with E-state index in [9.17, 15) is 5.26 Å². The second-order valence-electron chi connectivity index (χ2n) is 5.25. The molecule has 0 aromatic carbocycles. The standard InChI is InChI=1S/C15H28N2O2/c1-18-11-12-19-10-6-5-9-17-15-8-4-2-3-7-14(15)13-16/h14-15,17H,2-12H2,1H3. The number of hydrogen-bond acceptors (Lipinski definition) is 4. The Morgan fingerprint density at radius 2 is 1.95 bits per heavy atom.